The fourth-order valence-corrected chi connectivity index (χ4v) is 3.13. The standard InChI is InChI=1S/C14H15BrClNO3/c15-12-6-5-9(16)7-11(12)14(20)17(8-13(18)19)10-3-1-2-4-10/h5-7,10H,1-4,8H2,(H,18,19). The lowest BCUT2D eigenvalue weighted by Crippen LogP contribution is -2.42. The van der Waals surface area contributed by atoms with Crippen molar-refractivity contribution in [1.29, 1.82) is 0 Å². The maximum absolute atomic E-state index is 12.6. The molecular formula is C14H15BrClNO3. The molecule has 0 unspecified atom stereocenters. The number of rotatable bonds is 4. The Bertz CT molecular complexity index is 529. The third-order valence-electron chi connectivity index (χ3n) is 3.49. The second kappa shape index (κ2) is 6.59. The summed E-state index contributed by atoms with van der Waals surface area (Å²) in [5.74, 6) is -1.28. The fourth-order valence-electron chi connectivity index (χ4n) is 2.54. The third-order valence-corrected chi connectivity index (χ3v) is 4.42. The molecule has 6 heteroatoms. The Balaban J connectivity index is 2.29. The van der Waals surface area contributed by atoms with Crippen molar-refractivity contribution >= 4 is 39.4 Å². The van der Waals surface area contributed by atoms with Crippen molar-refractivity contribution in [2.24, 2.45) is 0 Å². The lowest BCUT2D eigenvalue weighted by atomic mass is 10.1. The Morgan fingerprint density at radius 1 is 1.35 bits per heavy atom. The number of halogens is 2. The first-order chi connectivity index (χ1) is 9.49. The summed E-state index contributed by atoms with van der Waals surface area (Å²) < 4.78 is 0.625. The summed E-state index contributed by atoms with van der Waals surface area (Å²) in [5.41, 5.74) is 0.408. The molecule has 20 heavy (non-hydrogen) atoms. The van der Waals surface area contributed by atoms with Gasteiger partial charge in [-0.3, -0.25) is 9.59 Å². The number of carboxylic acid groups (broad SMARTS) is 1. The number of carboxylic acids is 1. The molecule has 1 N–H and O–H groups in total. The summed E-state index contributed by atoms with van der Waals surface area (Å²) in [7, 11) is 0. The molecular weight excluding hydrogens is 346 g/mol. The van der Waals surface area contributed by atoms with Gasteiger partial charge >= 0.3 is 5.97 Å². The number of hydrogen-bond acceptors (Lipinski definition) is 2. The molecule has 0 aromatic heterocycles. The van der Waals surface area contributed by atoms with Crippen molar-refractivity contribution in [3.8, 4) is 0 Å². The molecule has 0 saturated heterocycles. The Morgan fingerprint density at radius 3 is 2.60 bits per heavy atom. The van der Waals surface area contributed by atoms with Crippen LogP contribution in [0.15, 0.2) is 22.7 Å². The van der Waals surface area contributed by atoms with Crippen molar-refractivity contribution in [2.45, 2.75) is 31.7 Å². The van der Waals surface area contributed by atoms with E-state index in [2.05, 4.69) is 15.9 Å². The van der Waals surface area contributed by atoms with Crippen molar-refractivity contribution < 1.29 is 14.7 Å². The molecule has 1 aromatic rings. The summed E-state index contributed by atoms with van der Waals surface area (Å²) in [5, 5.41) is 9.49. The van der Waals surface area contributed by atoms with E-state index in [0.29, 0.717) is 15.1 Å². The highest BCUT2D eigenvalue weighted by molar-refractivity contribution is 9.10. The predicted octanol–water partition coefficient (Wildman–Crippen LogP) is 3.57. The lowest BCUT2D eigenvalue weighted by molar-refractivity contribution is -0.138. The van der Waals surface area contributed by atoms with E-state index in [0.717, 1.165) is 25.7 Å². The van der Waals surface area contributed by atoms with Gasteiger partial charge in [0, 0.05) is 15.5 Å². The quantitative estimate of drug-likeness (QED) is 0.893. The largest absolute Gasteiger partial charge is 0.480 e. The van der Waals surface area contributed by atoms with Crippen LogP contribution in [0.5, 0.6) is 0 Å². The summed E-state index contributed by atoms with van der Waals surface area (Å²) in [6.07, 6.45) is 3.78. The number of hydrogen-bond donors (Lipinski definition) is 1. The zero-order valence-electron chi connectivity index (χ0n) is 10.8. The molecule has 108 valence electrons. The second-order valence-electron chi connectivity index (χ2n) is 4.89. The summed E-state index contributed by atoms with van der Waals surface area (Å²) in [4.78, 5) is 25.1. The van der Waals surface area contributed by atoms with Gasteiger partial charge < -0.3 is 10.0 Å². The zero-order valence-corrected chi connectivity index (χ0v) is 13.2. The minimum atomic E-state index is -0.997. The monoisotopic (exact) mass is 359 g/mol. The number of carbonyl (C=O) groups excluding carboxylic acids is 1. The molecule has 2 rings (SSSR count). The Hall–Kier alpha value is -1.07. The number of nitrogens with zero attached hydrogens (tertiary/aromatic N) is 1. The minimum Gasteiger partial charge on any atom is -0.480 e. The van der Waals surface area contributed by atoms with Gasteiger partial charge in [0.05, 0.1) is 5.56 Å². The third kappa shape index (κ3) is 3.52. The van der Waals surface area contributed by atoms with E-state index in [9.17, 15) is 9.59 Å². The van der Waals surface area contributed by atoms with E-state index in [1.54, 1.807) is 18.2 Å². The first-order valence-electron chi connectivity index (χ1n) is 6.47. The van der Waals surface area contributed by atoms with Gasteiger partial charge in [-0.15, -0.1) is 0 Å². The molecule has 1 fully saturated rings. The molecule has 0 heterocycles. The number of amides is 1. The van der Waals surface area contributed by atoms with Crippen LogP contribution < -0.4 is 0 Å². The Labute approximate surface area is 130 Å². The van der Waals surface area contributed by atoms with E-state index in [-0.39, 0.29) is 18.5 Å². The van der Waals surface area contributed by atoms with Crippen LogP contribution in [0.4, 0.5) is 0 Å². The van der Waals surface area contributed by atoms with Gasteiger partial charge in [-0.1, -0.05) is 24.4 Å². The minimum absolute atomic E-state index is 0.00415. The fraction of sp³-hybridized carbons (Fsp3) is 0.429. The van der Waals surface area contributed by atoms with Crippen LogP contribution >= 0.6 is 27.5 Å². The molecule has 1 aliphatic rings. The van der Waals surface area contributed by atoms with Crippen LogP contribution in [0.25, 0.3) is 0 Å². The van der Waals surface area contributed by atoms with Crippen molar-refractivity contribution in [3.63, 3.8) is 0 Å². The van der Waals surface area contributed by atoms with Gasteiger partial charge in [0.2, 0.25) is 0 Å². The van der Waals surface area contributed by atoms with Crippen molar-refractivity contribution in [2.75, 3.05) is 6.54 Å². The number of benzene rings is 1. The smallest absolute Gasteiger partial charge is 0.323 e. The average molecular weight is 361 g/mol. The molecule has 0 radical (unpaired) electrons. The topological polar surface area (TPSA) is 57.6 Å². The van der Waals surface area contributed by atoms with Crippen LogP contribution in [-0.4, -0.2) is 34.5 Å². The van der Waals surface area contributed by atoms with E-state index in [4.69, 9.17) is 16.7 Å². The van der Waals surface area contributed by atoms with E-state index in [1.807, 2.05) is 0 Å². The molecule has 1 amide bonds. The van der Waals surface area contributed by atoms with Crippen molar-refractivity contribution in [3.05, 3.63) is 33.3 Å². The van der Waals surface area contributed by atoms with E-state index >= 15 is 0 Å². The van der Waals surface area contributed by atoms with Gasteiger partial charge in [0.1, 0.15) is 6.54 Å². The molecule has 0 bridgehead atoms. The normalized spacial score (nSPS) is 15.3. The van der Waals surface area contributed by atoms with Gasteiger partial charge in [-0.05, 0) is 47.0 Å². The SMILES string of the molecule is O=C(O)CN(C(=O)c1cc(Cl)ccc1Br)C1CCCC1. The molecule has 0 spiro atoms. The molecule has 0 atom stereocenters. The van der Waals surface area contributed by atoms with Gasteiger partial charge in [0.15, 0.2) is 0 Å². The van der Waals surface area contributed by atoms with Crippen LogP contribution in [-0.2, 0) is 4.79 Å². The Kier molecular flexibility index (Phi) is 5.05. The molecule has 0 aliphatic heterocycles. The molecule has 1 saturated carbocycles. The number of aliphatic carboxylic acids is 1. The van der Waals surface area contributed by atoms with E-state index in [1.165, 1.54) is 4.90 Å². The zero-order chi connectivity index (χ0) is 14.7. The highest BCUT2D eigenvalue weighted by Crippen LogP contribution is 2.28. The van der Waals surface area contributed by atoms with Crippen LogP contribution in [0.1, 0.15) is 36.0 Å². The lowest BCUT2D eigenvalue weighted by Gasteiger charge is -2.27. The Morgan fingerprint density at radius 2 is 2.00 bits per heavy atom. The maximum atomic E-state index is 12.6. The van der Waals surface area contributed by atoms with Crippen LogP contribution in [0, 0.1) is 0 Å². The van der Waals surface area contributed by atoms with Crippen LogP contribution in [0.2, 0.25) is 5.02 Å². The van der Waals surface area contributed by atoms with E-state index < -0.39 is 5.97 Å². The summed E-state index contributed by atoms with van der Waals surface area (Å²) >= 11 is 9.24. The van der Waals surface area contributed by atoms with Gasteiger partial charge in [-0.2, -0.15) is 0 Å². The first-order valence-corrected chi connectivity index (χ1v) is 7.64. The first kappa shape index (κ1) is 15.3. The molecule has 4 nitrogen and oxygen atoms in total. The molecule has 1 aliphatic carbocycles. The maximum Gasteiger partial charge on any atom is 0.323 e. The number of carbonyl (C=O) groups is 2. The van der Waals surface area contributed by atoms with Crippen LogP contribution in [0.3, 0.4) is 0 Å². The molecule has 1 aromatic carbocycles. The summed E-state index contributed by atoms with van der Waals surface area (Å²) in [6, 6.07) is 4.95. The predicted molar refractivity (Wildman–Crippen MR) is 80.1 cm³/mol. The second-order valence-corrected chi connectivity index (χ2v) is 6.18. The highest BCUT2D eigenvalue weighted by Gasteiger charge is 2.30. The van der Waals surface area contributed by atoms with Gasteiger partial charge in [0.25, 0.3) is 5.91 Å². The van der Waals surface area contributed by atoms with Crippen molar-refractivity contribution in [1.82, 2.24) is 4.90 Å². The average Bonchev–Trinajstić information content (AvgIpc) is 2.91. The highest BCUT2D eigenvalue weighted by atomic mass is 79.9. The summed E-state index contributed by atoms with van der Waals surface area (Å²) in [6.45, 7) is -0.275. The van der Waals surface area contributed by atoms with Gasteiger partial charge in [-0.25, -0.2) is 0 Å².